The van der Waals surface area contributed by atoms with Crippen LogP contribution in [0, 0.1) is 0 Å². The van der Waals surface area contributed by atoms with E-state index in [1.165, 1.54) is 0 Å². The highest BCUT2D eigenvalue weighted by Crippen LogP contribution is 2.25. The van der Waals surface area contributed by atoms with Gasteiger partial charge in [0.05, 0.1) is 16.6 Å². The van der Waals surface area contributed by atoms with E-state index < -0.39 is 0 Å². The van der Waals surface area contributed by atoms with Crippen LogP contribution in [0.5, 0.6) is 0 Å². The third-order valence-corrected chi connectivity index (χ3v) is 1.92. The molecule has 0 heterocycles. The van der Waals surface area contributed by atoms with Crippen LogP contribution >= 0.6 is 35.8 Å². The summed E-state index contributed by atoms with van der Waals surface area (Å²) in [6, 6.07) is 5.25. The fraction of sp³-hybridized carbons (Fsp3) is 0.143. The highest BCUT2D eigenvalue weighted by Gasteiger charge is 1.97. The smallest absolute Gasteiger partial charge is 0.0638 e. The van der Waals surface area contributed by atoms with Crippen LogP contribution in [0.15, 0.2) is 18.2 Å². The predicted octanol–water partition coefficient (Wildman–Crippen LogP) is 3.29. The van der Waals surface area contributed by atoms with Crippen molar-refractivity contribution in [2.75, 3.05) is 11.2 Å². The largest absolute Gasteiger partial charge is 0.375 e. The molecular formula is C7H7Cl2NS. The lowest BCUT2D eigenvalue weighted by molar-refractivity contribution is 1.47. The molecule has 0 saturated carbocycles. The van der Waals surface area contributed by atoms with Crippen molar-refractivity contribution in [3.63, 3.8) is 0 Å². The minimum Gasteiger partial charge on any atom is -0.375 e. The first-order valence-electron chi connectivity index (χ1n) is 3.04. The molecule has 0 fully saturated rings. The number of hydrogen-bond donors (Lipinski definition) is 2. The van der Waals surface area contributed by atoms with E-state index in [1.54, 1.807) is 18.2 Å². The van der Waals surface area contributed by atoms with Gasteiger partial charge in [0.2, 0.25) is 0 Å². The van der Waals surface area contributed by atoms with Gasteiger partial charge in [-0.3, -0.25) is 0 Å². The maximum atomic E-state index is 5.82. The average Bonchev–Trinajstić information content (AvgIpc) is 1.98. The summed E-state index contributed by atoms with van der Waals surface area (Å²) in [4.78, 5) is 0. The van der Waals surface area contributed by atoms with Crippen LogP contribution < -0.4 is 5.32 Å². The lowest BCUT2D eigenvalue weighted by Gasteiger charge is -2.04. The van der Waals surface area contributed by atoms with Gasteiger partial charge in [0.15, 0.2) is 0 Å². The molecular weight excluding hydrogens is 201 g/mol. The van der Waals surface area contributed by atoms with E-state index in [2.05, 4.69) is 17.9 Å². The zero-order valence-electron chi connectivity index (χ0n) is 5.64. The first-order valence-corrected chi connectivity index (χ1v) is 4.42. The molecule has 0 amide bonds. The Morgan fingerprint density at radius 2 is 2.09 bits per heavy atom. The molecule has 0 atom stereocenters. The van der Waals surface area contributed by atoms with E-state index in [9.17, 15) is 0 Å². The quantitative estimate of drug-likeness (QED) is 0.561. The molecule has 1 aromatic rings. The van der Waals surface area contributed by atoms with Crippen LogP contribution in [-0.4, -0.2) is 5.88 Å². The van der Waals surface area contributed by atoms with E-state index in [-0.39, 0.29) is 0 Å². The van der Waals surface area contributed by atoms with Crippen LogP contribution in [0.4, 0.5) is 5.69 Å². The van der Waals surface area contributed by atoms with E-state index in [1.807, 2.05) is 0 Å². The van der Waals surface area contributed by atoms with E-state index in [0.717, 1.165) is 5.69 Å². The number of benzene rings is 1. The molecule has 0 aromatic heterocycles. The molecule has 0 aliphatic rings. The Balaban J connectivity index is 2.93. The van der Waals surface area contributed by atoms with Crippen molar-refractivity contribution in [3.8, 4) is 0 Å². The third-order valence-electron chi connectivity index (χ3n) is 1.20. The standard InChI is InChI=1S/C7H7Cl2NS/c8-5-1-2-6(9)7(3-5)10-4-11/h1-3,10-11H,4H2. The summed E-state index contributed by atoms with van der Waals surface area (Å²) in [6.07, 6.45) is 0. The van der Waals surface area contributed by atoms with Crippen LogP contribution in [0.1, 0.15) is 0 Å². The maximum absolute atomic E-state index is 5.82. The van der Waals surface area contributed by atoms with Gasteiger partial charge in [-0.15, -0.1) is 0 Å². The summed E-state index contributed by atoms with van der Waals surface area (Å²) in [5.74, 6) is 0.542. The van der Waals surface area contributed by atoms with Crippen molar-refractivity contribution < 1.29 is 0 Å². The lowest BCUT2D eigenvalue weighted by Crippen LogP contribution is -1.94. The first kappa shape index (κ1) is 9.04. The van der Waals surface area contributed by atoms with Crippen molar-refractivity contribution in [1.29, 1.82) is 0 Å². The molecule has 60 valence electrons. The summed E-state index contributed by atoms with van der Waals surface area (Å²) < 4.78 is 0. The highest BCUT2D eigenvalue weighted by molar-refractivity contribution is 7.80. The summed E-state index contributed by atoms with van der Waals surface area (Å²) in [7, 11) is 0. The molecule has 1 nitrogen and oxygen atoms in total. The normalized spacial score (nSPS) is 9.73. The Morgan fingerprint density at radius 1 is 1.36 bits per heavy atom. The molecule has 0 spiro atoms. The number of thiol groups is 1. The van der Waals surface area contributed by atoms with Crippen molar-refractivity contribution in [2.24, 2.45) is 0 Å². The number of hydrogen-bond acceptors (Lipinski definition) is 2. The Labute approximate surface area is 81.1 Å². The van der Waals surface area contributed by atoms with Crippen LogP contribution in [0.25, 0.3) is 0 Å². The summed E-state index contributed by atoms with van der Waals surface area (Å²) in [5, 5.41) is 4.29. The first-order chi connectivity index (χ1) is 5.24. The second kappa shape index (κ2) is 4.10. The summed E-state index contributed by atoms with van der Waals surface area (Å²) in [6.45, 7) is 0. The van der Waals surface area contributed by atoms with Gasteiger partial charge < -0.3 is 5.32 Å². The summed E-state index contributed by atoms with van der Waals surface area (Å²) in [5.41, 5.74) is 0.814. The van der Waals surface area contributed by atoms with Gasteiger partial charge in [0, 0.05) is 5.02 Å². The average molecular weight is 208 g/mol. The zero-order chi connectivity index (χ0) is 8.27. The second-order valence-electron chi connectivity index (χ2n) is 1.96. The molecule has 0 aliphatic heterocycles. The second-order valence-corrected chi connectivity index (χ2v) is 3.12. The van der Waals surface area contributed by atoms with Gasteiger partial charge in [-0.05, 0) is 18.2 Å². The Bertz CT molecular complexity index is 252. The number of halogens is 2. The van der Waals surface area contributed by atoms with Crippen LogP contribution in [-0.2, 0) is 0 Å². The minimum atomic E-state index is 0.542. The van der Waals surface area contributed by atoms with Gasteiger partial charge >= 0.3 is 0 Å². The molecule has 0 bridgehead atoms. The SMILES string of the molecule is SCNc1cc(Cl)ccc1Cl. The Morgan fingerprint density at radius 3 is 2.73 bits per heavy atom. The monoisotopic (exact) mass is 207 g/mol. The molecule has 0 radical (unpaired) electrons. The van der Waals surface area contributed by atoms with Crippen molar-refractivity contribution >= 4 is 41.5 Å². The Hall–Kier alpha value is -0.0500. The lowest BCUT2D eigenvalue weighted by atomic mass is 10.3. The van der Waals surface area contributed by atoms with Crippen LogP contribution in [0.2, 0.25) is 10.0 Å². The van der Waals surface area contributed by atoms with Crippen LogP contribution in [0.3, 0.4) is 0 Å². The molecule has 0 saturated heterocycles. The molecule has 0 aliphatic carbocycles. The van der Waals surface area contributed by atoms with Crippen molar-refractivity contribution in [2.45, 2.75) is 0 Å². The van der Waals surface area contributed by atoms with Crippen molar-refractivity contribution in [3.05, 3.63) is 28.2 Å². The van der Waals surface area contributed by atoms with Gasteiger partial charge in [-0.1, -0.05) is 23.2 Å². The number of nitrogens with one attached hydrogen (secondary N) is 1. The summed E-state index contributed by atoms with van der Waals surface area (Å²) >= 11 is 15.5. The predicted molar refractivity (Wildman–Crippen MR) is 53.9 cm³/mol. The topological polar surface area (TPSA) is 12.0 Å². The van der Waals surface area contributed by atoms with E-state index in [0.29, 0.717) is 15.9 Å². The van der Waals surface area contributed by atoms with E-state index >= 15 is 0 Å². The minimum absolute atomic E-state index is 0.542. The molecule has 0 unspecified atom stereocenters. The fourth-order valence-corrected chi connectivity index (χ4v) is 1.24. The molecule has 1 rings (SSSR count). The fourth-order valence-electron chi connectivity index (χ4n) is 0.718. The molecule has 11 heavy (non-hydrogen) atoms. The molecule has 4 heteroatoms. The third kappa shape index (κ3) is 2.47. The molecule has 1 aromatic carbocycles. The number of rotatable bonds is 2. The van der Waals surface area contributed by atoms with E-state index in [4.69, 9.17) is 23.2 Å². The maximum Gasteiger partial charge on any atom is 0.0638 e. The highest BCUT2D eigenvalue weighted by atomic mass is 35.5. The van der Waals surface area contributed by atoms with Gasteiger partial charge in [-0.25, -0.2) is 0 Å². The Kier molecular flexibility index (Phi) is 3.37. The van der Waals surface area contributed by atoms with Gasteiger partial charge in [0.1, 0.15) is 0 Å². The number of anilines is 1. The molecule has 1 N–H and O–H groups in total. The van der Waals surface area contributed by atoms with Crippen molar-refractivity contribution in [1.82, 2.24) is 0 Å². The van der Waals surface area contributed by atoms with Gasteiger partial charge in [0.25, 0.3) is 0 Å². The van der Waals surface area contributed by atoms with Gasteiger partial charge in [-0.2, -0.15) is 12.6 Å². The zero-order valence-corrected chi connectivity index (χ0v) is 8.05.